The quantitative estimate of drug-likeness (QED) is 0.293. The van der Waals surface area contributed by atoms with Gasteiger partial charge in [0.05, 0.1) is 34.4 Å². The number of aliphatic hydroxyl groups is 1. The van der Waals surface area contributed by atoms with Crippen LogP contribution in [0.1, 0.15) is 23.3 Å². The summed E-state index contributed by atoms with van der Waals surface area (Å²) in [6.45, 7) is 1.72. The van der Waals surface area contributed by atoms with E-state index in [0.717, 1.165) is 23.8 Å². The van der Waals surface area contributed by atoms with Crippen LogP contribution in [0.2, 0.25) is 0 Å². The molecule has 40 heavy (non-hydrogen) atoms. The van der Waals surface area contributed by atoms with E-state index in [9.17, 15) is 27.9 Å². The molecule has 6 rings (SSSR count). The number of nitrogens with zero attached hydrogens (tertiary/aromatic N) is 6. The van der Waals surface area contributed by atoms with E-state index in [0.29, 0.717) is 15.8 Å². The summed E-state index contributed by atoms with van der Waals surface area (Å²) < 4.78 is 50.9. The molecule has 2 atom stereocenters. The topological polar surface area (TPSA) is 165 Å². The standard InChI is InChI=1S/C24H19F3N8O4S/c1-10-8-15(32-35(10)11-4-5-29-14(9-11)24(25,26)27)34-6-7-39-18(23(34)38)17(36)21-30-13-3-2-12-19(40-33-20(12)28)16(13)22(37)31-21/h2-5,8-9,17-18,36H,6-7H2,1H3,(H2,28,33)(H,30,31,37)/t17?,18-/m1/s1. The van der Waals surface area contributed by atoms with Crippen molar-refractivity contribution in [3.05, 3.63) is 64.1 Å². The van der Waals surface area contributed by atoms with Crippen LogP contribution in [0.5, 0.6) is 0 Å². The number of ether oxygens (including phenoxy) is 1. The van der Waals surface area contributed by atoms with Crippen LogP contribution in [0.15, 0.2) is 41.3 Å². The van der Waals surface area contributed by atoms with Crippen molar-refractivity contribution in [3.8, 4) is 5.69 Å². The number of aryl methyl sites for hydroxylation is 1. The van der Waals surface area contributed by atoms with Crippen LogP contribution in [0, 0.1) is 6.92 Å². The van der Waals surface area contributed by atoms with Gasteiger partial charge in [-0.05, 0) is 42.7 Å². The number of morpholine rings is 1. The largest absolute Gasteiger partial charge is 0.433 e. The molecule has 0 spiro atoms. The lowest BCUT2D eigenvalue weighted by atomic mass is 10.1. The van der Waals surface area contributed by atoms with E-state index in [4.69, 9.17) is 10.5 Å². The second-order valence-electron chi connectivity index (χ2n) is 9.03. The molecule has 4 N–H and O–H groups in total. The maximum Gasteiger partial charge on any atom is 0.433 e. The molecule has 12 nitrogen and oxygen atoms in total. The van der Waals surface area contributed by atoms with Gasteiger partial charge in [0.2, 0.25) is 0 Å². The Hall–Kier alpha value is -4.41. The summed E-state index contributed by atoms with van der Waals surface area (Å²) >= 11 is 1.05. The molecular weight excluding hydrogens is 553 g/mol. The second-order valence-corrected chi connectivity index (χ2v) is 9.81. The van der Waals surface area contributed by atoms with E-state index in [2.05, 4.69) is 24.4 Å². The van der Waals surface area contributed by atoms with E-state index in [1.165, 1.54) is 21.7 Å². The van der Waals surface area contributed by atoms with Crippen molar-refractivity contribution in [1.82, 2.24) is 29.1 Å². The molecule has 0 saturated carbocycles. The number of amides is 1. The number of benzene rings is 1. The lowest BCUT2D eigenvalue weighted by molar-refractivity contribution is -0.143. The molecule has 0 radical (unpaired) electrons. The number of H-pyrrole nitrogens is 1. The van der Waals surface area contributed by atoms with Crippen molar-refractivity contribution < 1.29 is 27.8 Å². The van der Waals surface area contributed by atoms with E-state index in [1.807, 2.05) is 0 Å². The number of alkyl halides is 3. The number of fused-ring (bicyclic) bond motifs is 3. The zero-order chi connectivity index (χ0) is 28.3. The highest BCUT2D eigenvalue weighted by Crippen LogP contribution is 2.32. The molecule has 1 amide bonds. The highest BCUT2D eigenvalue weighted by atomic mass is 32.1. The molecule has 1 unspecified atom stereocenters. The lowest BCUT2D eigenvalue weighted by Crippen LogP contribution is -2.50. The van der Waals surface area contributed by atoms with Crippen LogP contribution in [-0.4, -0.2) is 59.4 Å². The number of halogens is 3. The third-order valence-corrected chi connectivity index (χ3v) is 7.37. The number of rotatable bonds is 4. The van der Waals surface area contributed by atoms with Crippen molar-refractivity contribution in [2.75, 3.05) is 23.8 Å². The first-order valence-corrected chi connectivity index (χ1v) is 12.6. The number of aromatic nitrogens is 6. The van der Waals surface area contributed by atoms with Gasteiger partial charge in [0.1, 0.15) is 23.4 Å². The van der Waals surface area contributed by atoms with Crippen LogP contribution >= 0.6 is 11.5 Å². The van der Waals surface area contributed by atoms with Crippen LogP contribution in [0.25, 0.3) is 26.7 Å². The normalized spacial score (nSPS) is 17.2. The van der Waals surface area contributed by atoms with Gasteiger partial charge in [-0.2, -0.15) is 17.5 Å². The molecule has 1 aromatic carbocycles. The van der Waals surface area contributed by atoms with Crippen LogP contribution in [-0.2, 0) is 15.7 Å². The van der Waals surface area contributed by atoms with Crippen LogP contribution in [0.4, 0.5) is 24.8 Å². The number of hydrogen-bond donors (Lipinski definition) is 3. The molecule has 1 saturated heterocycles. The summed E-state index contributed by atoms with van der Waals surface area (Å²) in [5.41, 5.74) is 5.07. The van der Waals surface area contributed by atoms with Gasteiger partial charge in [0, 0.05) is 23.3 Å². The van der Waals surface area contributed by atoms with Crippen molar-refractivity contribution in [2.45, 2.75) is 25.3 Å². The average molecular weight is 573 g/mol. The molecule has 1 aliphatic rings. The summed E-state index contributed by atoms with van der Waals surface area (Å²) in [6, 6.07) is 6.99. The Bertz CT molecular complexity index is 1850. The number of nitrogens with two attached hydrogens (primary N) is 1. The number of aromatic amines is 1. The molecule has 16 heteroatoms. The Morgan fingerprint density at radius 3 is 2.83 bits per heavy atom. The minimum atomic E-state index is -4.64. The van der Waals surface area contributed by atoms with Gasteiger partial charge in [-0.25, -0.2) is 9.67 Å². The third-order valence-electron chi connectivity index (χ3n) is 6.47. The smallest absolute Gasteiger partial charge is 0.382 e. The number of carbonyl (C=O) groups is 1. The van der Waals surface area contributed by atoms with E-state index >= 15 is 0 Å². The Kier molecular flexibility index (Phi) is 6.04. The van der Waals surface area contributed by atoms with Crippen LogP contribution in [0.3, 0.4) is 0 Å². The number of hydrogen-bond acceptors (Lipinski definition) is 10. The zero-order valence-corrected chi connectivity index (χ0v) is 21.3. The van der Waals surface area contributed by atoms with Gasteiger partial charge >= 0.3 is 6.18 Å². The molecule has 4 aromatic heterocycles. The summed E-state index contributed by atoms with van der Waals surface area (Å²) in [7, 11) is 0. The second kappa shape index (κ2) is 9.35. The van der Waals surface area contributed by atoms with Gasteiger partial charge in [-0.1, -0.05) is 0 Å². The maximum atomic E-state index is 13.4. The van der Waals surface area contributed by atoms with Crippen LogP contribution < -0.4 is 16.2 Å². The van der Waals surface area contributed by atoms with Crippen molar-refractivity contribution in [3.63, 3.8) is 0 Å². The van der Waals surface area contributed by atoms with Gasteiger partial charge in [0.15, 0.2) is 11.9 Å². The molecular formula is C24H19F3N8O4S. The number of nitrogens with one attached hydrogen (secondary N) is 1. The van der Waals surface area contributed by atoms with Crippen molar-refractivity contribution >= 4 is 50.1 Å². The van der Waals surface area contributed by atoms with E-state index in [1.54, 1.807) is 19.1 Å². The van der Waals surface area contributed by atoms with Gasteiger partial charge < -0.3 is 20.6 Å². The maximum absolute atomic E-state index is 13.4. The monoisotopic (exact) mass is 572 g/mol. The van der Waals surface area contributed by atoms with Crippen molar-refractivity contribution in [1.29, 1.82) is 0 Å². The predicted octanol–water partition coefficient (Wildman–Crippen LogP) is 2.49. The van der Waals surface area contributed by atoms with Gasteiger partial charge in [0.25, 0.3) is 11.5 Å². The fraction of sp³-hybridized carbons (Fsp3) is 0.250. The molecule has 0 bridgehead atoms. The summed E-state index contributed by atoms with van der Waals surface area (Å²) in [5, 5.41) is 16.2. The molecule has 1 aliphatic heterocycles. The average Bonchev–Trinajstić information content (AvgIpc) is 3.50. The van der Waals surface area contributed by atoms with Gasteiger partial charge in [-0.3, -0.25) is 19.5 Å². The number of aliphatic hydroxyl groups excluding tert-OH is 1. The lowest BCUT2D eigenvalue weighted by Gasteiger charge is -2.32. The summed E-state index contributed by atoms with van der Waals surface area (Å²) in [5.74, 6) is -0.400. The number of carbonyl (C=O) groups excluding carboxylic acids is 1. The first kappa shape index (κ1) is 25.8. The Labute approximate surface area is 226 Å². The Morgan fingerprint density at radius 2 is 2.05 bits per heavy atom. The third kappa shape index (κ3) is 4.25. The van der Waals surface area contributed by atoms with Gasteiger partial charge in [-0.15, -0.1) is 5.10 Å². The molecule has 0 aliphatic carbocycles. The Morgan fingerprint density at radius 1 is 1.25 bits per heavy atom. The highest BCUT2D eigenvalue weighted by Gasteiger charge is 2.39. The minimum Gasteiger partial charge on any atom is -0.382 e. The predicted molar refractivity (Wildman–Crippen MR) is 138 cm³/mol. The SMILES string of the molecule is Cc1cc(N2CCO[C@H](C(O)c3nc4ccc5c(N)nsc5c4c(=O)[nH]3)C2=O)nn1-c1ccnc(C(F)(F)F)c1. The first-order valence-electron chi connectivity index (χ1n) is 11.8. The number of anilines is 2. The summed E-state index contributed by atoms with van der Waals surface area (Å²) in [6.07, 6.45) is -6.67. The zero-order valence-electron chi connectivity index (χ0n) is 20.5. The van der Waals surface area contributed by atoms with Crippen molar-refractivity contribution in [2.24, 2.45) is 0 Å². The van der Waals surface area contributed by atoms with E-state index < -0.39 is 35.5 Å². The fourth-order valence-corrected chi connectivity index (χ4v) is 5.41. The number of nitrogen functional groups attached to an aromatic ring is 1. The highest BCUT2D eigenvalue weighted by molar-refractivity contribution is 7.14. The molecule has 5 aromatic rings. The fourth-order valence-electron chi connectivity index (χ4n) is 4.56. The minimum absolute atomic E-state index is 0.0193. The molecule has 1 fully saturated rings. The Balaban J connectivity index is 1.30. The number of pyridine rings is 1. The molecule has 5 heterocycles. The molecule has 206 valence electrons. The first-order chi connectivity index (χ1) is 19.0. The summed E-state index contributed by atoms with van der Waals surface area (Å²) in [4.78, 5) is 37.8. The van der Waals surface area contributed by atoms with E-state index in [-0.39, 0.29) is 47.2 Å².